The maximum Gasteiger partial charge on any atom is 0.0870 e. The molecule has 0 radical (unpaired) electrons. The van der Waals surface area contributed by atoms with E-state index in [0.29, 0.717) is 0 Å². The van der Waals surface area contributed by atoms with Crippen LogP contribution in [0.25, 0.3) is 0 Å². The van der Waals surface area contributed by atoms with Crippen molar-refractivity contribution in [1.29, 1.82) is 0 Å². The molecule has 0 amide bonds. The third kappa shape index (κ3) is 128. The van der Waals surface area contributed by atoms with E-state index in [1.54, 1.807) is 169 Å². The maximum atomic E-state index is 5.55. The first-order valence-corrected chi connectivity index (χ1v) is 131. The molecule has 0 aliphatic carbocycles. The van der Waals surface area contributed by atoms with Crippen LogP contribution in [0.15, 0.2) is 170 Å². The minimum absolute atomic E-state index is 0.0305. The van der Waals surface area contributed by atoms with Crippen molar-refractivity contribution in [3.63, 3.8) is 0 Å². The molecule has 0 aromatic heterocycles. The molecule has 31 heteroatoms. The van der Waals surface area contributed by atoms with Gasteiger partial charge >= 0.3 is 0 Å². The van der Waals surface area contributed by atoms with Gasteiger partial charge in [-0.3, -0.25) is 0 Å². The van der Waals surface area contributed by atoms with Crippen LogP contribution in [-0.2, 0) is 23.7 Å². The molecule has 0 bridgehead atoms. The zero-order chi connectivity index (χ0) is 113. The molecule has 0 unspecified atom stereocenters. The van der Waals surface area contributed by atoms with Crippen LogP contribution in [-0.4, -0.2) is 262 Å². The van der Waals surface area contributed by atoms with E-state index in [9.17, 15) is 0 Å². The minimum atomic E-state index is -1.22. The van der Waals surface area contributed by atoms with E-state index < -0.39 is 105 Å². The minimum Gasteiger partial charge on any atom is -0.501 e. The van der Waals surface area contributed by atoms with Crippen molar-refractivity contribution in [3.05, 3.63) is 170 Å². The summed E-state index contributed by atoms with van der Waals surface area (Å²) in [6, 6.07) is 12.2. The molecular formula is C115H266O5Si26. The van der Waals surface area contributed by atoms with Gasteiger partial charge in [-0.15, -0.1) is 22.8 Å². The molecule has 0 spiro atoms. The monoisotopic (exact) mass is 2460 g/mol. The molecule has 0 aliphatic heterocycles. The number of allylic oxidation sites excluding steroid dienone is 13. The van der Waals surface area contributed by atoms with Gasteiger partial charge in [-0.1, -0.05) is 530 Å². The standard InChI is InChI=1S/C30H66Si4.C22H50OSi6.3C16H38OSi4.C15H36OSi4/c1-8-10-12-14-16-21-25-34(7,26-22-17-15-13-11-9-2)29-32-28-33(5,6)27-31-24-20-18-19-23-30(3)4;1-20(2)13-15-23-14-12-16-24-17-28(8,9)22(4)26-19-29(10,11)21(3)25-18-27(5,6)7;3*1-16(2)9-11-17-10-8-12-18-14-21(6,7)15-19-13-20(3,4)5;1-7-8-10-16-11-9-12-17-14-20(5,6)15-18-13-19(2,3)4/h19,23H,3,8-18,20-22,24-29,31-32H2,1-2,4-7H3;13,15H,1,3-4,12,14,16-19,24-26H2,2,5-11H3;3*9,11H,1,8,10,12-15,18-19H2,2-7H3;7-8,10H,1,9,11-15,17-18H2,2-6H3. The fraction of sp³-hybridized carbons (Fsp3) is 0.757. The van der Waals surface area contributed by atoms with Gasteiger partial charge in [0.25, 0.3) is 0 Å². The van der Waals surface area contributed by atoms with Crippen molar-refractivity contribution in [3.8, 4) is 0 Å². The lowest BCUT2D eigenvalue weighted by molar-refractivity contribution is 0.249. The van der Waals surface area contributed by atoms with Gasteiger partial charge in [0.15, 0.2) is 0 Å². The Bertz CT molecular complexity index is 3270. The Hall–Kier alpha value is 0.999. The van der Waals surface area contributed by atoms with Gasteiger partial charge in [0.1, 0.15) is 0 Å². The quantitative estimate of drug-likeness (QED) is 0.0263. The molecule has 0 saturated heterocycles. The van der Waals surface area contributed by atoms with E-state index in [2.05, 4.69) is 282 Å². The molecule has 0 rings (SSSR count). The maximum absolute atomic E-state index is 5.55. The predicted octanol–water partition coefficient (Wildman–Crippen LogP) is 31.4. The number of unbranched alkanes of at least 4 members (excludes halogenated alkanes) is 11. The summed E-state index contributed by atoms with van der Waals surface area (Å²) in [5, 5.41) is 0. The largest absolute Gasteiger partial charge is 0.501 e. The molecule has 0 aromatic rings. The van der Waals surface area contributed by atoms with Gasteiger partial charge in [0, 0.05) is 213 Å². The van der Waals surface area contributed by atoms with Gasteiger partial charge in [0.2, 0.25) is 0 Å². The molecule has 5 nitrogen and oxygen atoms in total. The Morgan fingerprint density at radius 3 is 0.719 bits per heavy atom. The summed E-state index contributed by atoms with van der Waals surface area (Å²) in [7, 11) is -9.57. The molecule has 0 aliphatic rings. The molecule has 0 aromatic carbocycles. The third-order valence-electron chi connectivity index (χ3n) is 29.4. The average Bonchev–Trinajstić information content (AvgIpc) is 0.847. The molecule has 860 valence electrons. The van der Waals surface area contributed by atoms with E-state index in [-0.39, 0.29) is 124 Å². The van der Waals surface area contributed by atoms with E-state index in [0.717, 1.165) is 55.3 Å². The normalized spacial score (nSPS) is 13.9. The SMILES string of the molecule is C=C(C)C=CCCC[SiH2]C[Si](C)(C)C[SiH2]C[Si](C)(CCCCCCCC)CCCCCCCC.C=C(C)C=COCCC[SiH2]C[Si](C)(C)C(=C)[SiH2]C[Si](C)(C)C(=C)[SiH2]C[Si](C)(C)C.C=C(C)C=COCCC[SiH2]C[Si](C)(C)C[SiH2]C[Si](C)(C)C.C=C(C)C=COCCC[SiH2]C[Si](C)(C)C[SiH2]C[Si](C)(C)C.C=C(C)C=COCCC[SiH2]C[Si](C)(C)C[SiH2]C[Si](C)(C)C.C=CC=COCCC[SiH2]C[Si](C)(C)C[SiH2]C[Si](C)(C)C. The van der Waals surface area contributed by atoms with Crippen molar-refractivity contribution in [1.82, 2.24) is 0 Å². The second kappa shape index (κ2) is 93.7. The first-order chi connectivity index (χ1) is 67.6. The summed E-state index contributed by atoms with van der Waals surface area (Å²) in [4.78, 5) is 3.51. The van der Waals surface area contributed by atoms with Crippen LogP contribution in [0.5, 0.6) is 0 Å². The second-order valence-electron chi connectivity index (χ2n) is 57.1. The lowest BCUT2D eigenvalue weighted by Gasteiger charge is -2.30. The van der Waals surface area contributed by atoms with Crippen molar-refractivity contribution in [2.75, 3.05) is 33.0 Å². The lowest BCUT2D eigenvalue weighted by atomic mass is 10.1. The highest BCUT2D eigenvalue weighted by Gasteiger charge is 2.33. The average molecular weight is 2460 g/mol. The fourth-order valence-corrected chi connectivity index (χ4v) is 144. The summed E-state index contributed by atoms with van der Waals surface area (Å²) in [5.41, 5.74) is 35.3. The summed E-state index contributed by atoms with van der Waals surface area (Å²) >= 11 is 0. The number of ether oxygens (including phenoxy) is 5. The van der Waals surface area contributed by atoms with Gasteiger partial charge in [-0.25, -0.2) is 0 Å². The molecule has 146 heavy (non-hydrogen) atoms. The summed E-state index contributed by atoms with van der Waals surface area (Å²) in [6.07, 6.45) is 51.6. The first kappa shape index (κ1) is 158. The zero-order valence-electron chi connectivity index (χ0n) is 107. The van der Waals surface area contributed by atoms with Crippen LogP contribution in [0.4, 0.5) is 0 Å². The molecule has 0 N–H and O–H groups in total. The van der Waals surface area contributed by atoms with Gasteiger partial charge in [0.05, 0.1) is 80.5 Å². The van der Waals surface area contributed by atoms with Crippen molar-refractivity contribution in [2.45, 2.75) is 517 Å². The van der Waals surface area contributed by atoms with Crippen LogP contribution in [0.3, 0.4) is 0 Å². The fourth-order valence-electron chi connectivity index (χ4n) is 18.3. The smallest absolute Gasteiger partial charge is 0.0870 e. The Morgan fingerprint density at radius 2 is 0.459 bits per heavy atom. The van der Waals surface area contributed by atoms with Gasteiger partial charge < -0.3 is 23.7 Å². The van der Waals surface area contributed by atoms with Crippen molar-refractivity contribution >= 4 is 229 Å². The lowest BCUT2D eigenvalue weighted by Crippen LogP contribution is -2.39. The Kier molecular flexibility index (Phi) is 101. The van der Waals surface area contributed by atoms with Crippen LogP contribution in [0, 0.1) is 0 Å². The van der Waals surface area contributed by atoms with Crippen molar-refractivity contribution < 1.29 is 23.7 Å². The Morgan fingerprint density at radius 1 is 0.233 bits per heavy atom. The topological polar surface area (TPSA) is 46.2 Å². The second-order valence-corrected chi connectivity index (χ2v) is 170. The summed E-state index contributed by atoms with van der Waals surface area (Å²) in [6.45, 7) is 129. The first-order valence-electron chi connectivity index (χ1n) is 60.9. The van der Waals surface area contributed by atoms with E-state index in [4.69, 9.17) is 23.7 Å². The molecule has 0 atom stereocenters. The molecule has 0 saturated carbocycles. The summed E-state index contributed by atoms with van der Waals surface area (Å²) in [5.74, 6) is 0. The Labute approximate surface area is 963 Å². The molecule has 0 heterocycles. The van der Waals surface area contributed by atoms with Crippen LogP contribution < -0.4 is 0 Å². The van der Waals surface area contributed by atoms with E-state index >= 15 is 0 Å². The molecular weight excluding hydrogens is 2190 g/mol. The molecule has 0 fully saturated rings. The predicted molar refractivity (Wildman–Crippen MR) is 773 cm³/mol. The summed E-state index contributed by atoms with van der Waals surface area (Å²) < 4.78 is 27.4. The number of hydrogen-bond acceptors (Lipinski definition) is 5. The number of hydrogen-bond donors (Lipinski definition) is 0. The van der Waals surface area contributed by atoms with Gasteiger partial charge in [-0.2, -0.15) is 0 Å². The number of rotatable bonds is 89. The highest BCUT2D eigenvalue weighted by Crippen LogP contribution is 2.32. The van der Waals surface area contributed by atoms with E-state index in [1.165, 1.54) is 156 Å². The van der Waals surface area contributed by atoms with Crippen molar-refractivity contribution in [2.24, 2.45) is 0 Å². The highest BCUT2D eigenvalue weighted by atomic mass is 28.4. The van der Waals surface area contributed by atoms with Gasteiger partial charge in [-0.05, 0) is 104 Å². The third-order valence-corrected chi connectivity index (χ3v) is 174. The van der Waals surface area contributed by atoms with E-state index in [1.807, 2.05) is 58.1 Å². The van der Waals surface area contributed by atoms with Crippen LogP contribution in [0.1, 0.15) is 170 Å². The van der Waals surface area contributed by atoms with Crippen LogP contribution >= 0.6 is 0 Å². The van der Waals surface area contributed by atoms with Crippen LogP contribution in [0.2, 0.25) is 347 Å². The highest BCUT2D eigenvalue weighted by molar-refractivity contribution is 7.05. The zero-order valence-corrected chi connectivity index (χ0v) is 138. The Balaban J connectivity index is -0.000000408.